The van der Waals surface area contributed by atoms with Crippen LogP contribution in [0.1, 0.15) is 32.3 Å². The Morgan fingerprint density at radius 1 is 1.25 bits per heavy atom. The molecule has 2 N–H and O–H groups in total. The van der Waals surface area contributed by atoms with Gasteiger partial charge in [-0.2, -0.15) is 8.42 Å². The van der Waals surface area contributed by atoms with Crippen molar-refractivity contribution in [3.05, 3.63) is 23.8 Å². The highest BCUT2D eigenvalue weighted by Crippen LogP contribution is 2.37. The monoisotopic (exact) mass is 355 g/mol. The average Bonchev–Trinajstić information content (AvgIpc) is 2.56. The summed E-state index contributed by atoms with van der Waals surface area (Å²) < 4.78 is 30.4. The van der Waals surface area contributed by atoms with Gasteiger partial charge in [-0.05, 0) is 30.5 Å². The van der Waals surface area contributed by atoms with Crippen molar-refractivity contribution in [3.8, 4) is 5.75 Å². The lowest BCUT2D eigenvalue weighted by molar-refractivity contribution is -0.126. The zero-order valence-corrected chi connectivity index (χ0v) is 14.9. The average molecular weight is 355 g/mol. The number of carbonyl (C=O) groups excluding carboxylic acids is 2. The number of rotatable bonds is 6. The van der Waals surface area contributed by atoms with E-state index in [1.54, 1.807) is 12.1 Å². The van der Waals surface area contributed by atoms with Crippen LogP contribution in [-0.2, 0) is 20.7 Å². The second-order valence-corrected chi connectivity index (χ2v) is 5.63. The number of nitrogens with one attached hydrogen (secondary N) is 2. The van der Waals surface area contributed by atoms with Gasteiger partial charge in [-0.25, -0.2) is 4.79 Å². The molecule has 0 aliphatic rings. The fourth-order valence-electron chi connectivity index (χ4n) is 2.54. The summed E-state index contributed by atoms with van der Waals surface area (Å²) in [5, 5.41) is 4.62. The Morgan fingerprint density at radius 2 is 1.88 bits per heavy atom. The van der Waals surface area contributed by atoms with Gasteiger partial charge in [-0.3, -0.25) is 10.1 Å². The highest BCUT2D eigenvalue weighted by atomic mass is 32.2. The third kappa shape index (κ3) is 4.10. The van der Waals surface area contributed by atoms with Crippen LogP contribution in [0.2, 0.25) is 0 Å². The number of benzene rings is 1. The summed E-state index contributed by atoms with van der Waals surface area (Å²) in [6.07, 6.45) is 0.830. The van der Waals surface area contributed by atoms with Crippen molar-refractivity contribution < 1.29 is 22.7 Å². The van der Waals surface area contributed by atoms with Gasteiger partial charge in [0.15, 0.2) is 0 Å². The first-order valence-corrected chi connectivity index (χ1v) is 8.40. The van der Waals surface area contributed by atoms with Crippen LogP contribution in [0.4, 0.5) is 10.5 Å². The maximum absolute atomic E-state index is 12.6. The summed E-state index contributed by atoms with van der Waals surface area (Å²) in [6.45, 7) is 3.64. The Kier molecular flexibility index (Phi) is 6.90. The van der Waals surface area contributed by atoms with Crippen molar-refractivity contribution >= 4 is 28.1 Å². The molecule has 0 saturated heterocycles. The summed E-state index contributed by atoms with van der Waals surface area (Å²) in [6, 6.07) is 4.10. The minimum atomic E-state index is -2.66. The molecule has 132 valence electrons. The fourth-order valence-corrected chi connectivity index (χ4v) is 2.84. The Morgan fingerprint density at radius 3 is 2.33 bits per heavy atom. The number of nitrogens with zero attached hydrogens (tertiary/aromatic N) is 1. The molecule has 0 fully saturated rings. The van der Waals surface area contributed by atoms with Crippen LogP contribution in [0.5, 0.6) is 5.75 Å². The van der Waals surface area contributed by atoms with E-state index in [2.05, 4.69) is 15.0 Å². The van der Waals surface area contributed by atoms with Gasteiger partial charge < -0.3 is 10.1 Å². The van der Waals surface area contributed by atoms with Crippen molar-refractivity contribution in [2.24, 2.45) is 4.36 Å². The minimum Gasteiger partial charge on any atom is -0.494 e. The molecular weight excluding hydrogens is 334 g/mol. The van der Waals surface area contributed by atoms with Crippen LogP contribution in [0, 0.1) is 0 Å². The third-order valence-corrected chi connectivity index (χ3v) is 4.35. The fraction of sp³-hybridized carbons (Fsp3) is 0.467. The molecule has 0 radical (unpaired) electrons. The van der Waals surface area contributed by atoms with E-state index in [0.717, 1.165) is 0 Å². The van der Waals surface area contributed by atoms with Gasteiger partial charge in [0.1, 0.15) is 11.4 Å². The number of carbonyl (C=O) groups is 2. The van der Waals surface area contributed by atoms with Crippen LogP contribution in [0.15, 0.2) is 22.6 Å². The third-order valence-electron chi connectivity index (χ3n) is 4.00. The Bertz CT molecular complexity index is 746. The number of urea groups is 1. The minimum absolute atomic E-state index is 0.0994. The molecule has 0 aliphatic heterocycles. The van der Waals surface area contributed by atoms with Gasteiger partial charge in [0, 0.05) is 7.05 Å². The summed E-state index contributed by atoms with van der Waals surface area (Å²) >= 11 is 0. The second-order valence-electron chi connectivity index (χ2n) is 5.02. The molecule has 24 heavy (non-hydrogen) atoms. The number of methoxy groups -OCH3 is 1. The van der Waals surface area contributed by atoms with Crippen LogP contribution >= 0.6 is 0 Å². The maximum atomic E-state index is 12.6. The number of hydrogen-bond donors (Lipinski definition) is 2. The predicted octanol–water partition coefficient (Wildman–Crippen LogP) is 1.90. The van der Waals surface area contributed by atoms with E-state index in [9.17, 15) is 18.0 Å². The summed E-state index contributed by atoms with van der Waals surface area (Å²) in [7, 11) is 0.150. The molecule has 0 spiro atoms. The maximum Gasteiger partial charge on any atom is 0.321 e. The summed E-state index contributed by atoms with van der Waals surface area (Å²) in [4.78, 5) is 24.1. The van der Waals surface area contributed by atoms with Gasteiger partial charge in [-0.15, -0.1) is 4.36 Å². The van der Waals surface area contributed by atoms with Gasteiger partial charge in [-0.1, -0.05) is 19.9 Å². The lowest BCUT2D eigenvalue weighted by Crippen LogP contribution is -2.48. The van der Waals surface area contributed by atoms with E-state index in [4.69, 9.17) is 4.74 Å². The lowest BCUT2D eigenvalue weighted by atomic mass is 9.75. The highest BCUT2D eigenvalue weighted by molar-refractivity contribution is 7.61. The summed E-state index contributed by atoms with van der Waals surface area (Å²) in [5.41, 5.74) is -0.339. The van der Waals surface area contributed by atoms with Crippen LogP contribution in [-0.4, -0.2) is 34.5 Å². The number of ether oxygens (including phenoxy) is 1. The molecule has 8 nitrogen and oxygen atoms in total. The number of hydrogen-bond acceptors (Lipinski definition) is 6. The normalized spacial score (nSPS) is 10.7. The van der Waals surface area contributed by atoms with E-state index in [0.29, 0.717) is 18.4 Å². The Balaban J connectivity index is 3.47. The molecule has 9 heteroatoms. The van der Waals surface area contributed by atoms with Crippen LogP contribution < -0.4 is 15.4 Å². The second kappa shape index (κ2) is 8.44. The van der Waals surface area contributed by atoms with Crippen LogP contribution in [0.3, 0.4) is 0 Å². The smallest absolute Gasteiger partial charge is 0.321 e. The zero-order chi connectivity index (χ0) is 18.3. The van der Waals surface area contributed by atoms with E-state index in [1.165, 1.54) is 20.2 Å². The molecule has 1 aromatic carbocycles. The SMILES string of the molecule is CCC(CC)(C(=O)NC(=O)NC)c1ccc(OC)c(N=S(=O)=O)c1. The van der Waals surface area contributed by atoms with E-state index >= 15 is 0 Å². The molecule has 0 aromatic heterocycles. The molecule has 0 aliphatic carbocycles. The first kappa shape index (κ1) is 19.6. The van der Waals surface area contributed by atoms with Crippen molar-refractivity contribution in [1.29, 1.82) is 0 Å². The zero-order valence-electron chi connectivity index (χ0n) is 14.0. The Labute approximate surface area is 142 Å². The molecule has 0 saturated carbocycles. The van der Waals surface area contributed by atoms with Crippen molar-refractivity contribution in [3.63, 3.8) is 0 Å². The molecule has 3 amide bonds. The van der Waals surface area contributed by atoms with E-state index < -0.39 is 27.9 Å². The van der Waals surface area contributed by atoms with Gasteiger partial charge >= 0.3 is 16.5 Å². The van der Waals surface area contributed by atoms with Gasteiger partial charge in [0.2, 0.25) is 5.91 Å². The lowest BCUT2D eigenvalue weighted by Gasteiger charge is -2.30. The number of amides is 3. The first-order valence-electron chi connectivity index (χ1n) is 7.37. The molecule has 1 rings (SSSR count). The van der Waals surface area contributed by atoms with Crippen LogP contribution in [0.25, 0.3) is 0 Å². The Hall–Kier alpha value is -2.42. The first-order chi connectivity index (χ1) is 11.3. The topological polar surface area (TPSA) is 114 Å². The van der Waals surface area contributed by atoms with Gasteiger partial charge in [0.05, 0.1) is 12.5 Å². The summed E-state index contributed by atoms with van der Waals surface area (Å²) in [5.74, 6) is -0.193. The molecule has 0 heterocycles. The highest BCUT2D eigenvalue weighted by Gasteiger charge is 2.38. The predicted molar refractivity (Wildman–Crippen MR) is 88.9 cm³/mol. The van der Waals surface area contributed by atoms with Crippen molar-refractivity contribution in [2.75, 3.05) is 14.2 Å². The van der Waals surface area contributed by atoms with E-state index in [1.807, 2.05) is 13.8 Å². The largest absolute Gasteiger partial charge is 0.494 e. The standard InChI is InChI=1S/C15H21N3O5S/c1-5-15(6-2,13(19)17-14(20)16-3)10-7-8-12(23-4)11(9-10)18-24(21)22/h7-9H,5-6H2,1-4H3,(H2,16,17,19,20). The molecule has 0 bridgehead atoms. The van der Waals surface area contributed by atoms with Crippen molar-refractivity contribution in [1.82, 2.24) is 10.6 Å². The molecule has 0 unspecified atom stereocenters. The molecule has 1 aromatic rings. The van der Waals surface area contributed by atoms with Crippen molar-refractivity contribution in [2.45, 2.75) is 32.1 Å². The molecular formula is C15H21N3O5S. The molecule has 0 atom stereocenters. The van der Waals surface area contributed by atoms with Gasteiger partial charge in [0.25, 0.3) is 0 Å². The number of imide groups is 1. The quantitative estimate of drug-likeness (QED) is 0.809. The van der Waals surface area contributed by atoms with E-state index in [-0.39, 0.29) is 11.4 Å².